The second kappa shape index (κ2) is 9.59. The van der Waals surface area contributed by atoms with Gasteiger partial charge in [0.15, 0.2) is 0 Å². The molecule has 1 fully saturated rings. The molecule has 0 unspecified atom stereocenters. The van der Waals surface area contributed by atoms with Crippen LogP contribution in [0.2, 0.25) is 0 Å². The highest BCUT2D eigenvalue weighted by Gasteiger charge is 2.31. The number of anilines is 1. The van der Waals surface area contributed by atoms with Gasteiger partial charge in [0, 0.05) is 37.7 Å². The largest absolute Gasteiger partial charge is 0.416 e. The van der Waals surface area contributed by atoms with E-state index in [-0.39, 0.29) is 24.1 Å². The van der Waals surface area contributed by atoms with Crippen molar-refractivity contribution < 1.29 is 27.6 Å². The van der Waals surface area contributed by atoms with Gasteiger partial charge in [0.2, 0.25) is 0 Å². The molecule has 31 heavy (non-hydrogen) atoms. The molecule has 0 bridgehead atoms. The van der Waals surface area contributed by atoms with Gasteiger partial charge in [0.25, 0.3) is 5.91 Å². The summed E-state index contributed by atoms with van der Waals surface area (Å²) < 4.78 is 38.2. The number of hydrogen-bond acceptors (Lipinski definition) is 4. The quantitative estimate of drug-likeness (QED) is 0.724. The van der Waals surface area contributed by atoms with Gasteiger partial charge >= 0.3 is 18.0 Å². The van der Waals surface area contributed by atoms with Crippen LogP contribution in [0.1, 0.15) is 28.8 Å². The minimum absolute atomic E-state index is 0.0863. The molecule has 3 rings (SSSR count). The molecule has 1 aromatic carbocycles. The summed E-state index contributed by atoms with van der Waals surface area (Å²) in [5.74, 6) is -1.98. The van der Waals surface area contributed by atoms with E-state index in [2.05, 4.69) is 15.6 Å². The van der Waals surface area contributed by atoms with Crippen LogP contribution in [0.4, 0.5) is 18.9 Å². The molecular weight excluding hydrogens is 413 g/mol. The molecule has 2 heterocycles. The maximum absolute atomic E-state index is 12.7. The number of nitrogens with one attached hydrogen (secondary N) is 2. The molecule has 0 saturated carbocycles. The molecule has 2 aromatic rings. The maximum atomic E-state index is 12.7. The van der Waals surface area contributed by atoms with Gasteiger partial charge in [-0.15, -0.1) is 0 Å². The number of nitrogens with zero attached hydrogens (tertiary/aromatic N) is 2. The Labute approximate surface area is 176 Å². The fourth-order valence-electron chi connectivity index (χ4n) is 3.29. The van der Waals surface area contributed by atoms with E-state index in [0.29, 0.717) is 31.5 Å². The Kier molecular flexibility index (Phi) is 6.88. The number of carbonyl (C=O) groups excluding carboxylic acids is 3. The van der Waals surface area contributed by atoms with Crippen LogP contribution in [0.15, 0.2) is 48.8 Å². The molecule has 1 saturated heterocycles. The van der Waals surface area contributed by atoms with Gasteiger partial charge in [-0.2, -0.15) is 13.2 Å². The zero-order chi connectivity index (χ0) is 22.4. The molecule has 7 nitrogen and oxygen atoms in total. The summed E-state index contributed by atoms with van der Waals surface area (Å²) in [5, 5.41) is 4.68. The smallest absolute Gasteiger partial charge is 0.348 e. The first-order chi connectivity index (χ1) is 14.7. The number of alkyl halides is 3. The van der Waals surface area contributed by atoms with Gasteiger partial charge < -0.3 is 15.5 Å². The Balaban J connectivity index is 1.44. The maximum Gasteiger partial charge on any atom is 0.416 e. The monoisotopic (exact) mass is 434 g/mol. The predicted octanol–water partition coefficient (Wildman–Crippen LogP) is 2.71. The number of pyridine rings is 1. The third-order valence-electron chi connectivity index (χ3n) is 5.02. The van der Waals surface area contributed by atoms with Crippen molar-refractivity contribution in [1.82, 2.24) is 15.2 Å². The molecule has 2 N–H and O–H groups in total. The van der Waals surface area contributed by atoms with Crippen molar-refractivity contribution in [3.8, 4) is 0 Å². The SMILES string of the molecule is O=C(NCC1CCN(C(=O)c2cccnc2)CC1)C(=O)Nc1cccc(C(F)(F)F)c1. The number of carbonyl (C=O) groups is 3. The average molecular weight is 434 g/mol. The van der Waals surface area contributed by atoms with Crippen molar-refractivity contribution >= 4 is 23.4 Å². The number of rotatable bonds is 4. The number of aromatic nitrogens is 1. The van der Waals surface area contributed by atoms with E-state index in [1.807, 2.05) is 0 Å². The number of amides is 3. The Morgan fingerprint density at radius 3 is 2.45 bits per heavy atom. The number of likely N-dealkylation sites (tertiary alicyclic amines) is 1. The zero-order valence-electron chi connectivity index (χ0n) is 16.5. The van der Waals surface area contributed by atoms with Crippen molar-refractivity contribution in [2.45, 2.75) is 19.0 Å². The highest BCUT2D eigenvalue weighted by molar-refractivity contribution is 6.39. The molecule has 0 atom stereocenters. The molecule has 1 aliphatic rings. The number of benzene rings is 1. The summed E-state index contributed by atoms with van der Waals surface area (Å²) in [5.41, 5.74) is -0.518. The second-order valence-corrected chi connectivity index (χ2v) is 7.22. The van der Waals surface area contributed by atoms with E-state index in [0.717, 1.165) is 18.2 Å². The normalized spacial score (nSPS) is 14.7. The molecule has 0 radical (unpaired) electrons. The molecule has 10 heteroatoms. The first-order valence-electron chi connectivity index (χ1n) is 9.70. The average Bonchev–Trinajstić information content (AvgIpc) is 2.77. The molecule has 0 aliphatic carbocycles. The van der Waals surface area contributed by atoms with Gasteiger partial charge in [0.1, 0.15) is 0 Å². The fraction of sp³-hybridized carbons (Fsp3) is 0.333. The Morgan fingerprint density at radius 2 is 1.81 bits per heavy atom. The predicted molar refractivity (Wildman–Crippen MR) is 106 cm³/mol. The number of hydrogen-bond donors (Lipinski definition) is 2. The Hall–Kier alpha value is -3.43. The van der Waals surface area contributed by atoms with Gasteiger partial charge in [0.05, 0.1) is 11.1 Å². The first kappa shape index (κ1) is 22.3. The lowest BCUT2D eigenvalue weighted by atomic mass is 9.96. The minimum Gasteiger partial charge on any atom is -0.348 e. The standard InChI is InChI=1S/C21H21F3N4O3/c22-21(23,24)16-4-1-5-17(11-16)27-19(30)18(29)26-12-14-6-9-28(10-7-14)20(31)15-3-2-8-25-13-15/h1-5,8,11,13-14H,6-7,9-10,12H2,(H,26,29)(H,27,30). The van der Waals surface area contributed by atoms with Gasteiger partial charge in [-0.25, -0.2) is 0 Å². The van der Waals surface area contributed by atoms with E-state index >= 15 is 0 Å². The summed E-state index contributed by atoms with van der Waals surface area (Å²) in [7, 11) is 0. The van der Waals surface area contributed by atoms with Crippen molar-refractivity contribution in [2.24, 2.45) is 5.92 Å². The Bertz CT molecular complexity index is 942. The van der Waals surface area contributed by atoms with E-state index in [9.17, 15) is 27.6 Å². The third-order valence-corrected chi connectivity index (χ3v) is 5.02. The third kappa shape index (κ3) is 6.03. The molecule has 164 valence electrons. The van der Waals surface area contributed by atoms with Crippen molar-refractivity contribution in [3.05, 3.63) is 59.9 Å². The lowest BCUT2D eigenvalue weighted by molar-refractivity contribution is -0.137. The first-order valence-corrected chi connectivity index (χ1v) is 9.70. The summed E-state index contributed by atoms with van der Waals surface area (Å²) in [6.07, 6.45) is -0.133. The van der Waals surface area contributed by atoms with Crippen LogP contribution >= 0.6 is 0 Å². The fourth-order valence-corrected chi connectivity index (χ4v) is 3.29. The summed E-state index contributed by atoms with van der Waals surface area (Å²) in [6, 6.07) is 7.46. The zero-order valence-corrected chi connectivity index (χ0v) is 16.5. The molecular formula is C21H21F3N4O3. The highest BCUT2D eigenvalue weighted by atomic mass is 19.4. The molecule has 1 aromatic heterocycles. The van der Waals surface area contributed by atoms with Crippen LogP contribution in [-0.2, 0) is 15.8 Å². The van der Waals surface area contributed by atoms with Crippen LogP contribution in [-0.4, -0.2) is 47.2 Å². The summed E-state index contributed by atoms with van der Waals surface area (Å²) in [6.45, 7) is 1.28. The van der Waals surface area contributed by atoms with Gasteiger partial charge in [-0.1, -0.05) is 6.07 Å². The van der Waals surface area contributed by atoms with Crippen LogP contribution in [0, 0.1) is 5.92 Å². The topological polar surface area (TPSA) is 91.4 Å². The van der Waals surface area contributed by atoms with Crippen molar-refractivity contribution in [1.29, 1.82) is 0 Å². The van der Waals surface area contributed by atoms with Crippen LogP contribution < -0.4 is 10.6 Å². The number of halogens is 3. The molecule has 0 spiro atoms. The number of piperidine rings is 1. The molecule has 1 aliphatic heterocycles. The summed E-state index contributed by atoms with van der Waals surface area (Å²) >= 11 is 0. The van der Waals surface area contributed by atoms with Crippen LogP contribution in [0.25, 0.3) is 0 Å². The highest BCUT2D eigenvalue weighted by Crippen LogP contribution is 2.30. The van der Waals surface area contributed by atoms with E-state index < -0.39 is 23.6 Å². The van der Waals surface area contributed by atoms with E-state index in [1.165, 1.54) is 12.3 Å². The van der Waals surface area contributed by atoms with E-state index in [4.69, 9.17) is 0 Å². The second-order valence-electron chi connectivity index (χ2n) is 7.22. The summed E-state index contributed by atoms with van der Waals surface area (Å²) in [4.78, 5) is 42.1. The lowest BCUT2D eigenvalue weighted by Crippen LogP contribution is -2.43. The van der Waals surface area contributed by atoms with Crippen LogP contribution in [0.3, 0.4) is 0 Å². The van der Waals surface area contributed by atoms with Gasteiger partial charge in [-0.05, 0) is 49.1 Å². The Morgan fingerprint density at radius 1 is 1.06 bits per heavy atom. The molecule has 3 amide bonds. The minimum atomic E-state index is -4.55. The lowest BCUT2D eigenvalue weighted by Gasteiger charge is -2.32. The van der Waals surface area contributed by atoms with Crippen molar-refractivity contribution in [3.63, 3.8) is 0 Å². The van der Waals surface area contributed by atoms with Crippen LogP contribution in [0.5, 0.6) is 0 Å². The van der Waals surface area contributed by atoms with E-state index in [1.54, 1.807) is 23.2 Å². The van der Waals surface area contributed by atoms with Gasteiger partial charge in [-0.3, -0.25) is 19.4 Å². The van der Waals surface area contributed by atoms with Crippen molar-refractivity contribution in [2.75, 3.05) is 25.0 Å².